The van der Waals surface area contributed by atoms with E-state index >= 15 is 0 Å². The summed E-state index contributed by atoms with van der Waals surface area (Å²) in [4.78, 5) is 58.0. The zero-order valence-corrected chi connectivity index (χ0v) is 12.4. The molecular formula is C14H18O10. The van der Waals surface area contributed by atoms with Crippen molar-refractivity contribution in [2.24, 2.45) is 0 Å². The summed E-state index contributed by atoms with van der Waals surface area (Å²) in [5, 5.41) is 0. The van der Waals surface area contributed by atoms with Gasteiger partial charge in [-0.05, 0) is 0 Å². The molecule has 4 atom stereocenters. The predicted molar refractivity (Wildman–Crippen MR) is 73.2 cm³/mol. The van der Waals surface area contributed by atoms with Gasteiger partial charge in [-0.3, -0.25) is 19.2 Å². The standard InChI is InChI=1S/C14H18O10/c1-6(15)20-5-10-11(21-7(2)16)12(22-8(3)17)13(14(19)24-10)23-9(4)18/h10-13H,5H2,1-4H3/t10-,11-,12+,13-/m1/s1/i1D,2D,3D,4D. The summed E-state index contributed by atoms with van der Waals surface area (Å²) < 4.78 is 52.1. The molecule has 0 amide bonds. The Balaban J connectivity index is 3.19. The molecule has 24 heavy (non-hydrogen) atoms. The Morgan fingerprint density at radius 2 is 1.46 bits per heavy atom. The molecule has 0 aromatic heterocycles. The lowest BCUT2D eigenvalue weighted by molar-refractivity contribution is -0.229. The molecular weight excluding hydrogens is 328 g/mol. The Bertz CT molecular complexity index is 613. The second kappa shape index (κ2) is 8.27. The van der Waals surface area contributed by atoms with Crippen LogP contribution in [0.15, 0.2) is 0 Å². The number of carbonyl (C=O) groups excluding carboxylic acids is 5. The van der Waals surface area contributed by atoms with Gasteiger partial charge in [0.25, 0.3) is 0 Å². The van der Waals surface area contributed by atoms with Gasteiger partial charge in [-0.1, -0.05) is 0 Å². The normalized spacial score (nSPS) is 28.1. The second-order valence-electron chi connectivity index (χ2n) is 4.48. The van der Waals surface area contributed by atoms with Crippen LogP contribution < -0.4 is 0 Å². The molecule has 1 saturated heterocycles. The summed E-state index contributed by atoms with van der Waals surface area (Å²) in [7, 11) is 0. The van der Waals surface area contributed by atoms with Crippen molar-refractivity contribution >= 4 is 29.8 Å². The van der Waals surface area contributed by atoms with E-state index in [1.807, 2.05) is 0 Å². The Labute approximate surface area is 142 Å². The predicted octanol–water partition coefficient (Wildman–Crippen LogP) is -0.730. The molecule has 1 rings (SSSR count). The summed E-state index contributed by atoms with van der Waals surface area (Å²) in [6.45, 7) is -4.00. The van der Waals surface area contributed by atoms with E-state index < -0.39 is 88.5 Å². The third-order valence-electron chi connectivity index (χ3n) is 2.69. The maximum Gasteiger partial charge on any atom is 0.352 e. The van der Waals surface area contributed by atoms with E-state index in [-0.39, 0.29) is 0 Å². The molecule has 1 heterocycles. The van der Waals surface area contributed by atoms with Crippen molar-refractivity contribution in [3.63, 3.8) is 0 Å². The van der Waals surface area contributed by atoms with E-state index in [0.717, 1.165) is 0 Å². The zero-order valence-electron chi connectivity index (χ0n) is 16.4. The van der Waals surface area contributed by atoms with Crippen LogP contribution in [-0.4, -0.2) is 60.9 Å². The van der Waals surface area contributed by atoms with E-state index in [2.05, 4.69) is 4.74 Å². The maximum absolute atomic E-state index is 12.2. The van der Waals surface area contributed by atoms with Gasteiger partial charge >= 0.3 is 29.8 Å². The third-order valence-corrected chi connectivity index (χ3v) is 2.69. The highest BCUT2D eigenvalue weighted by Gasteiger charge is 2.52. The number of hydrogen-bond acceptors (Lipinski definition) is 10. The van der Waals surface area contributed by atoms with Crippen molar-refractivity contribution in [1.82, 2.24) is 0 Å². The minimum Gasteiger partial charge on any atom is -0.462 e. The molecule has 0 saturated carbocycles. The lowest BCUT2D eigenvalue weighted by Crippen LogP contribution is -2.60. The second-order valence-corrected chi connectivity index (χ2v) is 4.48. The van der Waals surface area contributed by atoms with Gasteiger partial charge < -0.3 is 23.7 Å². The molecule has 0 aromatic rings. The summed E-state index contributed by atoms with van der Waals surface area (Å²) in [5.41, 5.74) is 0. The summed E-state index contributed by atoms with van der Waals surface area (Å²) in [6, 6.07) is 0. The molecule has 1 aliphatic heterocycles. The monoisotopic (exact) mass is 350 g/mol. The van der Waals surface area contributed by atoms with Crippen LogP contribution in [-0.2, 0) is 47.7 Å². The number of carbonyl (C=O) groups is 5. The molecule has 0 N–H and O–H groups in total. The maximum atomic E-state index is 12.2. The summed E-state index contributed by atoms with van der Waals surface area (Å²) >= 11 is 0. The molecule has 1 aliphatic rings. The summed E-state index contributed by atoms with van der Waals surface area (Å²) in [6.07, 6.45) is -6.79. The minimum absolute atomic E-state index is 0.673. The van der Waals surface area contributed by atoms with Crippen LogP contribution in [0.4, 0.5) is 0 Å². The average molecular weight is 350 g/mol. The minimum atomic E-state index is -1.90. The van der Waals surface area contributed by atoms with Gasteiger partial charge in [0.1, 0.15) is 6.61 Å². The van der Waals surface area contributed by atoms with Crippen molar-refractivity contribution in [2.75, 3.05) is 6.61 Å². The number of hydrogen-bond donors (Lipinski definition) is 0. The van der Waals surface area contributed by atoms with Crippen LogP contribution in [0.5, 0.6) is 0 Å². The Morgan fingerprint density at radius 1 is 0.917 bits per heavy atom. The zero-order chi connectivity index (χ0) is 21.3. The van der Waals surface area contributed by atoms with E-state index in [1.165, 1.54) is 0 Å². The van der Waals surface area contributed by atoms with Crippen LogP contribution in [0.3, 0.4) is 0 Å². The first-order valence-electron chi connectivity index (χ1n) is 9.21. The largest absolute Gasteiger partial charge is 0.462 e. The average Bonchev–Trinajstić information content (AvgIpc) is 2.69. The van der Waals surface area contributed by atoms with Crippen LogP contribution >= 0.6 is 0 Å². The van der Waals surface area contributed by atoms with Gasteiger partial charge in [-0.15, -0.1) is 0 Å². The van der Waals surface area contributed by atoms with Crippen molar-refractivity contribution in [3.8, 4) is 0 Å². The van der Waals surface area contributed by atoms with Crippen LogP contribution in [0, 0.1) is 0 Å². The van der Waals surface area contributed by atoms with Crippen molar-refractivity contribution < 1.29 is 53.1 Å². The number of cyclic esters (lactones) is 1. The molecule has 1 fully saturated rings. The molecule has 0 aliphatic carbocycles. The Morgan fingerprint density at radius 3 is 2.04 bits per heavy atom. The van der Waals surface area contributed by atoms with Crippen molar-refractivity contribution in [3.05, 3.63) is 0 Å². The quantitative estimate of drug-likeness (QED) is 0.462. The molecule has 0 bridgehead atoms. The molecule has 0 unspecified atom stereocenters. The fraction of sp³-hybridized carbons (Fsp3) is 0.643. The SMILES string of the molecule is [2H]CC(=O)OC[C@H]1OC(=O)[C@H](OC(=O)C[2H])[C@@H](OC(=O)C[2H])[C@@H]1OC(=O)C[2H]. The topological polar surface area (TPSA) is 132 Å². The lowest BCUT2D eigenvalue weighted by Gasteiger charge is -2.39. The van der Waals surface area contributed by atoms with E-state index in [0.29, 0.717) is 0 Å². The first kappa shape index (κ1) is 13.8. The molecule has 0 spiro atoms. The summed E-state index contributed by atoms with van der Waals surface area (Å²) in [5.74, 6) is -5.64. The molecule has 0 radical (unpaired) electrons. The molecule has 0 aromatic carbocycles. The van der Waals surface area contributed by atoms with Crippen LogP contribution in [0.2, 0.25) is 0 Å². The molecule has 10 nitrogen and oxygen atoms in total. The number of ether oxygens (including phenoxy) is 5. The van der Waals surface area contributed by atoms with Crippen LogP contribution in [0.1, 0.15) is 33.1 Å². The fourth-order valence-electron chi connectivity index (χ4n) is 1.94. The first-order valence-corrected chi connectivity index (χ1v) is 6.38. The highest BCUT2D eigenvalue weighted by Crippen LogP contribution is 2.25. The Hall–Kier alpha value is -2.65. The van der Waals surface area contributed by atoms with E-state index in [9.17, 15) is 24.0 Å². The van der Waals surface area contributed by atoms with Crippen molar-refractivity contribution in [2.45, 2.75) is 52.0 Å². The van der Waals surface area contributed by atoms with Gasteiger partial charge in [0.15, 0.2) is 18.3 Å². The molecule has 134 valence electrons. The van der Waals surface area contributed by atoms with E-state index in [1.54, 1.807) is 0 Å². The van der Waals surface area contributed by atoms with Gasteiger partial charge in [-0.2, -0.15) is 0 Å². The van der Waals surface area contributed by atoms with Crippen molar-refractivity contribution in [1.29, 1.82) is 0 Å². The number of rotatable bonds is 5. The number of esters is 5. The van der Waals surface area contributed by atoms with Gasteiger partial charge in [0, 0.05) is 33.1 Å². The lowest BCUT2D eigenvalue weighted by atomic mass is 9.99. The van der Waals surface area contributed by atoms with Gasteiger partial charge in [0.2, 0.25) is 6.10 Å². The molecule has 10 heteroatoms. The third kappa shape index (κ3) is 5.52. The Kier molecular flexibility index (Phi) is 4.74. The van der Waals surface area contributed by atoms with Crippen LogP contribution in [0.25, 0.3) is 0 Å². The first-order chi connectivity index (χ1) is 13.3. The van der Waals surface area contributed by atoms with Gasteiger partial charge in [0.05, 0.1) is 0 Å². The van der Waals surface area contributed by atoms with E-state index in [4.69, 9.17) is 24.4 Å². The fourth-order valence-corrected chi connectivity index (χ4v) is 1.94. The highest BCUT2D eigenvalue weighted by atomic mass is 16.7. The highest BCUT2D eigenvalue weighted by molar-refractivity contribution is 5.81. The smallest absolute Gasteiger partial charge is 0.352 e. The van der Waals surface area contributed by atoms with Gasteiger partial charge in [-0.25, -0.2) is 4.79 Å².